The van der Waals surface area contributed by atoms with Gasteiger partial charge < -0.3 is 11.1 Å². The first-order chi connectivity index (χ1) is 7.63. The van der Waals surface area contributed by atoms with Crippen molar-refractivity contribution in [3.05, 3.63) is 33.5 Å². The Labute approximate surface area is 108 Å². The maximum atomic E-state index is 11.4. The van der Waals surface area contributed by atoms with Gasteiger partial charge in [0, 0.05) is 11.4 Å². The number of thiophene rings is 1. The first kappa shape index (κ1) is 13.4. The lowest BCUT2D eigenvalue weighted by Gasteiger charge is -2.09. The number of rotatable bonds is 6. The fourth-order valence-corrected chi connectivity index (χ4v) is 2.70. The molecule has 0 radical (unpaired) electrons. The average molecular weight is 303 g/mol. The van der Waals surface area contributed by atoms with Crippen molar-refractivity contribution in [2.24, 2.45) is 5.73 Å². The number of hydrogen-bond donors (Lipinski definition) is 2. The molecule has 0 bridgehead atoms. The van der Waals surface area contributed by atoms with Crippen molar-refractivity contribution in [2.45, 2.75) is 18.9 Å². The molecule has 1 atom stereocenters. The van der Waals surface area contributed by atoms with E-state index in [2.05, 4.69) is 27.8 Å². The van der Waals surface area contributed by atoms with Gasteiger partial charge in [0.1, 0.15) is 0 Å². The lowest BCUT2D eigenvalue weighted by atomic mass is 10.2. The molecule has 1 rings (SSSR count). The quantitative estimate of drug-likeness (QED) is 0.791. The molecule has 1 aromatic rings. The van der Waals surface area contributed by atoms with Crippen molar-refractivity contribution in [1.29, 1.82) is 0 Å². The third-order valence-electron chi connectivity index (χ3n) is 2.06. The van der Waals surface area contributed by atoms with Gasteiger partial charge in [-0.25, -0.2) is 0 Å². The molecule has 0 aliphatic carbocycles. The highest BCUT2D eigenvalue weighted by Gasteiger charge is 2.10. The van der Waals surface area contributed by atoms with E-state index >= 15 is 0 Å². The Kier molecular flexibility index (Phi) is 5.73. The van der Waals surface area contributed by atoms with Gasteiger partial charge in [0.15, 0.2) is 0 Å². The topological polar surface area (TPSA) is 55.1 Å². The summed E-state index contributed by atoms with van der Waals surface area (Å²) >= 11 is 5.07. The summed E-state index contributed by atoms with van der Waals surface area (Å²) < 4.78 is 1.11. The van der Waals surface area contributed by atoms with Gasteiger partial charge in [0.25, 0.3) is 0 Å². The van der Waals surface area contributed by atoms with Gasteiger partial charge in [-0.1, -0.05) is 6.08 Å². The summed E-state index contributed by atoms with van der Waals surface area (Å²) in [5.41, 5.74) is 5.62. The van der Waals surface area contributed by atoms with Crippen molar-refractivity contribution in [3.8, 4) is 0 Å². The molecule has 1 amide bonds. The zero-order chi connectivity index (χ0) is 12.0. The summed E-state index contributed by atoms with van der Waals surface area (Å²) in [5.74, 6) is -0.115. The second kappa shape index (κ2) is 6.83. The lowest BCUT2D eigenvalue weighted by molar-refractivity contribution is -0.122. The molecule has 5 heteroatoms. The third kappa shape index (κ3) is 4.47. The Morgan fingerprint density at radius 1 is 1.69 bits per heavy atom. The molecular formula is C11H15BrN2OS. The van der Waals surface area contributed by atoms with Crippen molar-refractivity contribution in [3.63, 3.8) is 0 Å². The molecule has 1 aromatic heterocycles. The van der Waals surface area contributed by atoms with Gasteiger partial charge in [-0.3, -0.25) is 4.79 Å². The maximum absolute atomic E-state index is 11.4. The van der Waals surface area contributed by atoms with E-state index in [0.29, 0.717) is 13.0 Å². The third-order valence-corrected chi connectivity index (χ3v) is 3.74. The molecule has 0 saturated carbocycles. The first-order valence-electron chi connectivity index (χ1n) is 5.02. The van der Waals surface area contributed by atoms with E-state index in [1.54, 1.807) is 17.4 Å². The van der Waals surface area contributed by atoms with Gasteiger partial charge in [0.2, 0.25) is 5.91 Å². The molecular weight excluding hydrogens is 288 g/mol. The normalized spacial score (nSPS) is 12.1. The van der Waals surface area contributed by atoms with E-state index in [-0.39, 0.29) is 5.91 Å². The monoisotopic (exact) mass is 302 g/mol. The second-order valence-electron chi connectivity index (χ2n) is 3.38. The van der Waals surface area contributed by atoms with Crippen LogP contribution >= 0.6 is 27.3 Å². The van der Waals surface area contributed by atoms with Crippen molar-refractivity contribution in [2.75, 3.05) is 6.54 Å². The molecule has 0 spiro atoms. The molecule has 16 heavy (non-hydrogen) atoms. The van der Waals surface area contributed by atoms with Crippen LogP contribution in [0.15, 0.2) is 28.6 Å². The first-order valence-corrected chi connectivity index (χ1v) is 6.63. The Hall–Kier alpha value is -0.650. The van der Waals surface area contributed by atoms with Crippen LogP contribution < -0.4 is 11.1 Å². The summed E-state index contributed by atoms with van der Waals surface area (Å²) in [6.45, 7) is 4.17. The number of halogens is 1. The number of carbonyl (C=O) groups is 1. The van der Waals surface area contributed by atoms with Crippen LogP contribution in [-0.2, 0) is 11.2 Å². The van der Waals surface area contributed by atoms with Crippen LogP contribution in [0.4, 0.5) is 0 Å². The van der Waals surface area contributed by atoms with E-state index in [4.69, 9.17) is 5.73 Å². The van der Waals surface area contributed by atoms with Crippen LogP contribution in [-0.4, -0.2) is 18.5 Å². The van der Waals surface area contributed by atoms with Crippen molar-refractivity contribution in [1.82, 2.24) is 5.32 Å². The van der Waals surface area contributed by atoms with Crippen LogP contribution in [0.5, 0.6) is 0 Å². The van der Waals surface area contributed by atoms with E-state index in [1.807, 2.05) is 12.1 Å². The minimum atomic E-state index is -0.479. The lowest BCUT2D eigenvalue weighted by Crippen LogP contribution is -2.40. The Bertz CT molecular complexity index is 365. The highest BCUT2D eigenvalue weighted by atomic mass is 79.9. The molecule has 0 aromatic carbocycles. The molecule has 1 heterocycles. The summed E-state index contributed by atoms with van der Waals surface area (Å²) in [6, 6.07) is 3.57. The Morgan fingerprint density at radius 3 is 3.00 bits per heavy atom. The van der Waals surface area contributed by atoms with Crippen LogP contribution in [0.25, 0.3) is 0 Å². The Balaban J connectivity index is 2.25. The highest BCUT2D eigenvalue weighted by molar-refractivity contribution is 9.11. The molecule has 1 unspecified atom stereocenters. The highest BCUT2D eigenvalue weighted by Crippen LogP contribution is 2.21. The number of nitrogens with one attached hydrogen (secondary N) is 1. The van der Waals surface area contributed by atoms with E-state index < -0.39 is 6.04 Å². The predicted molar refractivity (Wildman–Crippen MR) is 71.5 cm³/mol. The molecule has 3 N–H and O–H groups in total. The zero-order valence-electron chi connectivity index (χ0n) is 8.91. The molecule has 88 valence electrons. The van der Waals surface area contributed by atoms with Crippen molar-refractivity contribution >= 4 is 33.2 Å². The van der Waals surface area contributed by atoms with Crippen molar-refractivity contribution < 1.29 is 4.79 Å². The van der Waals surface area contributed by atoms with Crippen LogP contribution in [0.2, 0.25) is 0 Å². The molecule has 0 saturated heterocycles. The minimum absolute atomic E-state index is 0.115. The van der Waals surface area contributed by atoms with E-state index in [9.17, 15) is 4.79 Å². The van der Waals surface area contributed by atoms with Gasteiger partial charge >= 0.3 is 0 Å². The number of hydrogen-bond acceptors (Lipinski definition) is 3. The number of amides is 1. The van der Waals surface area contributed by atoms with Gasteiger partial charge in [-0.05, 0) is 40.9 Å². The zero-order valence-corrected chi connectivity index (χ0v) is 11.3. The summed E-state index contributed by atoms with van der Waals surface area (Å²) in [5, 5.41) is 2.80. The predicted octanol–water partition coefficient (Wildman–Crippen LogP) is 2.07. The van der Waals surface area contributed by atoms with Gasteiger partial charge in [0.05, 0.1) is 9.83 Å². The number of nitrogens with two attached hydrogens (primary N) is 1. The summed E-state index contributed by atoms with van der Waals surface area (Å²) in [7, 11) is 0. The van der Waals surface area contributed by atoms with Crippen LogP contribution in [0.3, 0.4) is 0 Å². The van der Waals surface area contributed by atoms with E-state index in [0.717, 1.165) is 10.2 Å². The summed E-state index contributed by atoms with van der Waals surface area (Å²) in [4.78, 5) is 12.7. The molecule has 0 fully saturated rings. The second-order valence-corrected chi connectivity index (χ2v) is 5.93. The van der Waals surface area contributed by atoms with E-state index in [1.165, 1.54) is 4.88 Å². The molecule has 3 nitrogen and oxygen atoms in total. The maximum Gasteiger partial charge on any atom is 0.237 e. The SMILES string of the molecule is C=CCC(N)C(=O)NCCc1ccc(Br)s1. The average Bonchev–Trinajstić information content (AvgIpc) is 2.64. The molecule has 0 aliphatic heterocycles. The Morgan fingerprint density at radius 2 is 2.44 bits per heavy atom. The number of carbonyl (C=O) groups excluding carboxylic acids is 1. The van der Waals surface area contributed by atoms with Crippen LogP contribution in [0, 0.1) is 0 Å². The standard InChI is InChI=1S/C11H15BrN2OS/c1-2-3-9(13)11(15)14-7-6-8-4-5-10(12)16-8/h2,4-5,9H,1,3,6-7,13H2,(H,14,15). The molecule has 0 aliphatic rings. The van der Waals surface area contributed by atoms with Crippen LogP contribution in [0.1, 0.15) is 11.3 Å². The summed E-state index contributed by atoms with van der Waals surface area (Å²) in [6.07, 6.45) is 3.00. The van der Waals surface area contributed by atoms with Gasteiger partial charge in [-0.2, -0.15) is 0 Å². The van der Waals surface area contributed by atoms with Gasteiger partial charge in [-0.15, -0.1) is 17.9 Å². The smallest absolute Gasteiger partial charge is 0.237 e. The fraction of sp³-hybridized carbons (Fsp3) is 0.364. The largest absolute Gasteiger partial charge is 0.354 e. The minimum Gasteiger partial charge on any atom is -0.354 e. The fourth-order valence-electron chi connectivity index (χ4n) is 1.21.